The molecule has 1 heterocycles. The summed E-state index contributed by atoms with van der Waals surface area (Å²) in [5.41, 5.74) is 0. The highest BCUT2D eigenvalue weighted by molar-refractivity contribution is 5.76. The molecular formula is C13H22N2O4. The fourth-order valence-electron chi connectivity index (χ4n) is 2.78. The first kappa shape index (κ1) is 14.1. The molecule has 0 aromatic rings. The molecule has 3 unspecified atom stereocenters. The maximum Gasteiger partial charge on any atom is 0.317 e. The predicted octanol–water partition coefficient (Wildman–Crippen LogP) is 1.06. The minimum absolute atomic E-state index is 0.155. The predicted molar refractivity (Wildman–Crippen MR) is 68.9 cm³/mol. The number of hydrogen-bond acceptors (Lipinski definition) is 3. The Morgan fingerprint density at radius 2 is 2.16 bits per heavy atom. The summed E-state index contributed by atoms with van der Waals surface area (Å²) in [7, 11) is 0. The lowest BCUT2D eigenvalue weighted by Gasteiger charge is -2.43. The Morgan fingerprint density at radius 1 is 1.42 bits per heavy atom. The molecule has 1 aliphatic heterocycles. The van der Waals surface area contributed by atoms with Crippen LogP contribution in [0.4, 0.5) is 4.79 Å². The van der Waals surface area contributed by atoms with Crippen LogP contribution in [0.2, 0.25) is 0 Å². The van der Waals surface area contributed by atoms with Crippen molar-refractivity contribution in [3.05, 3.63) is 0 Å². The second-order valence-electron chi connectivity index (χ2n) is 5.38. The average molecular weight is 270 g/mol. The van der Waals surface area contributed by atoms with E-state index in [4.69, 9.17) is 9.84 Å². The Labute approximate surface area is 113 Å². The number of carboxylic acid groups (broad SMARTS) is 1. The maximum atomic E-state index is 12.1. The van der Waals surface area contributed by atoms with Crippen LogP contribution in [-0.2, 0) is 9.53 Å². The highest BCUT2D eigenvalue weighted by Crippen LogP contribution is 2.28. The molecule has 3 atom stereocenters. The van der Waals surface area contributed by atoms with Crippen molar-refractivity contribution in [2.45, 2.75) is 44.8 Å². The lowest BCUT2D eigenvalue weighted by atomic mass is 9.90. The number of nitrogens with zero attached hydrogens (tertiary/aromatic N) is 1. The fraction of sp³-hybridized carbons (Fsp3) is 0.846. The van der Waals surface area contributed by atoms with Crippen molar-refractivity contribution in [1.29, 1.82) is 0 Å². The van der Waals surface area contributed by atoms with Crippen LogP contribution in [0.5, 0.6) is 0 Å². The third-order valence-corrected chi connectivity index (χ3v) is 3.97. The maximum absolute atomic E-state index is 12.1. The molecule has 0 spiro atoms. The Kier molecular flexibility index (Phi) is 4.63. The number of aliphatic carboxylic acids is 1. The zero-order chi connectivity index (χ0) is 13.8. The van der Waals surface area contributed by atoms with Crippen LogP contribution in [-0.4, -0.2) is 53.8 Å². The third-order valence-electron chi connectivity index (χ3n) is 3.97. The monoisotopic (exact) mass is 270 g/mol. The van der Waals surface area contributed by atoms with E-state index >= 15 is 0 Å². The summed E-state index contributed by atoms with van der Waals surface area (Å²) in [6, 6.07) is -0.00376. The van der Waals surface area contributed by atoms with Crippen molar-refractivity contribution >= 4 is 12.0 Å². The van der Waals surface area contributed by atoms with Crippen LogP contribution < -0.4 is 5.32 Å². The van der Waals surface area contributed by atoms with Gasteiger partial charge in [0.05, 0.1) is 24.7 Å². The van der Waals surface area contributed by atoms with Gasteiger partial charge in [-0.25, -0.2) is 4.79 Å². The summed E-state index contributed by atoms with van der Waals surface area (Å²) < 4.78 is 5.71. The lowest BCUT2D eigenvalue weighted by molar-refractivity contribution is -0.140. The molecule has 6 nitrogen and oxygen atoms in total. The van der Waals surface area contributed by atoms with Crippen molar-refractivity contribution in [3.8, 4) is 0 Å². The number of ether oxygens (including phenoxy) is 1. The Hall–Kier alpha value is -1.30. The summed E-state index contributed by atoms with van der Waals surface area (Å²) in [6.07, 6.45) is 4.43. The second kappa shape index (κ2) is 6.23. The molecule has 0 bridgehead atoms. The number of amides is 2. The highest BCUT2D eigenvalue weighted by Gasteiger charge is 2.36. The van der Waals surface area contributed by atoms with E-state index in [9.17, 15) is 9.59 Å². The van der Waals surface area contributed by atoms with E-state index in [1.54, 1.807) is 6.92 Å². The molecule has 2 N–H and O–H groups in total. The van der Waals surface area contributed by atoms with E-state index in [0.29, 0.717) is 13.2 Å². The van der Waals surface area contributed by atoms with Crippen molar-refractivity contribution in [3.63, 3.8) is 0 Å². The van der Waals surface area contributed by atoms with Crippen molar-refractivity contribution < 1.29 is 19.4 Å². The molecule has 0 radical (unpaired) electrons. The molecule has 108 valence electrons. The van der Waals surface area contributed by atoms with Gasteiger partial charge in [0.1, 0.15) is 0 Å². The minimum Gasteiger partial charge on any atom is -0.481 e. The van der Waals surface area contributed by atoms with E-state index in [1.807, 2.05) is 4.90 Å². The van der Waals surface area contributed by atoms with Gasteiger partial charge >= 0.3 is 12.0 Å². The van der Waals surface area contributed by atoms with Crippen molar-refractivity contribution in [2.24, 2.45) is 5.92 Å². The molecule has 2 rings (SSSR count). The smallest absolute Gasteiger partial charge is 0.317 e. The van der Waals surface area contributed by atoms with Gasteiger partial charge in [0.15, 0.2) is 0 Å². The summed E-state index contributed by atoms with van der Waals surface area (Å²) in [5.74, 6) is -1.45. The lowest BCUT2D eigenvalue weighted by Crippen LogP contribution is -2.57. The Balaban J connectivity index is 1.88. The van der Waals surface area contributed by atoms with E-state index in [0.717, 1.165) is 25.7 Å². The standard InChI is InChI=1S/C13H22N2O4/c1-9(12(16)17)8-14-13(18)15-6-7-19-11-5-3-2-4-10(11)15/h9-11H,2-8H2,1H3,(H,14,18)(H,16,17). The number of morpholine rings is 1. The number of nitrogens with one attached hydrogen (secondary N) is 1. The van der Waals surface area contributed by atoms with Gasteiger partial charge in [-0.2, -0.15) is 0 Å². The van der Waals surface area contributed by atoms with Crippen LogP contribution >= 0.6 is 0 Å². The zero-order valence-electron chi connectivity index (χ0n) is 11.3. The number of carbonyl (C=O) groups excluding carboxylic acids is 1. The van der Waals surface area contributed by atoms with Crippen LogP contribution in [0.15, 0.2) is 0 Å². The molecule has 2 amide bonds. The molecule has 6 heteroatoms. The molecule has 1 aliphatic carbocycles. The molecule has 2 aliphatic rings. The number of carbonyl (C=O) groups is 2. The summed E-state index contributed by atoms with van der Waals surface area (Å²) in [6.45, 7) is 2.92. The van der Waals surface area contributed by atoms with Crippen molar-refractivity contribution in [2.75, 3.05) is 19.7 Å². The molecule has 1 saturated carbocycles. The largest absolute Gasteiger partial charge is 0.481 e. The van der Waals surface area contributed by atoms with Gasteiger partial charge in [0, 0.05) is 13.1 Å². The van der Waals surface area contributed by atoms with Crippen LogP contribution in [0.3, 0.4) is 0 Å². The summed E-state index contributed by atoms with van der Waals surface area (Å²) in [4.78, 5) is 24.7. The second-order valence-corrected chi connectivity index (χ2v) is 5.38. The minimum atomic E-state index is -0.891. The van der Waals surface area contributed by atoms with Gasteiger partial charge in [-0.05, 0) is 12.8 Å². The van der Waals surface area contributed by atoms with E-state index in [1.165, 1.54) is 0 Å². The molecule has 0 aromatic carbocycles. The van der Waals surface area contributed by atoms with E-state index in [2.05, 4.69) is 5.32 Å². The zero-order valence-corrected chi connectivity index (χ0v) is 11.3. The first-order valence-electron chi connectivity index (χ1n) is 6.98. The highest BCUT2D eigenvalue weighted by atomic mass is 16.5. The molecule has 1 saturated heterocycles. The first-order valence-corrected chi connectivity index (χ1v) is 6.98. The molecular weight excluding hydrogens is 248 g/mol. The van der Waals surface area contributed by atoms with Gasteiger partial charge < -0.3 is 20.1 Å². The van der Waals surface area contributed by atoms with Gasteiger partial charge in [0.25, 0.3) is 0 Å². The topological polar surface area (TPSA) is 78.9 Å². The van der Waals surface area contributed by atoms with Gasteiger partial charge in [-0.15, -0.1) is 0 Å². The SMILES string of the molecule is CC(CNC(=O)N1CCOC2CCCCC21)C(=O)O. The van der Waals surface area contributed by atoms with E-state index < -0.39 is 11.9 Å². The fourth-order valence-corrected chi connectivity index (χ4v) is 2.78. The van der Waals surface area contributed by atoms with E-state index in [-0.39, 0.29) is 24.7 Å². The Morgan fingerprint density at radius 3 is 2.89 bits per heavy atom. The van der Waals surface area contributed by atoms with Crippen LogP contribution in [0, 0.1) is 5.92 Å². The molecule has 19 heavy (non-hydrogen) atoms. The third kappa shape index (κ3) is 3.37. The normalized spacial score (nSPS) is 28.4. The molecule has 0 aromatic heterocycles. The summed E-state index contributed by atoms with van der Waals surface area (Å²) in [5, 5.41) is 11.5. The average Bonchev–Trinajstić information content (AvgIpc) is 2.43. The van der Waals surface area contributed by atoms with Gasteiger partial charge in [-0.1, -0.05) is 19.8 Å². The van der Waals surface area contributed by atoms with Crippen LogP contribution in [0.25, 0.3) is 0 Å². The van der Waals surface area contributed by atoms with Crippen LogP contribution in [0.1, 0.15) is 32.6 Å². The molecule has 2 fully saturated rings. The Bertz CT molecular complexity index is 346. The summed E-state index contributed by atoms with van der Waals surface area (Å²) >= 11 is 0. The number of urea groups is 1. The first-order chi connectivity index (χ1) is 9.09. The van der Waals surface area contributed by atoms with Gasteiger partial charge in [0.2, 0.25) is 0 Å². The number of rotatable bonds is 3. The number of fused-ring (bicyclic) bond motifs is 1. The quantitative estimate of drug-likeness (QED) is 0.803. The van der Waals surface area contributed by atoms with Gasteiger partial charge in [-0.3, -0.25) is 4.79 Å². The number of carboxylic acids is 1. The van der Waals surface area contributed by atoms with Crippen molar-refractivity contribution in [1.82, 2.24) is 10.2 Å². The number of hydrogen-bond donors (Lipinski definition) is 2.